The van der Waals surface area contributed by atoms with E-state index in [0.717, 1.165) is 16.8 Å². The summed E-state index contributed by atoms with van der Waals surface area (Å²) in [6, 6.07) is 18.4. The highest BCUT2D eigenvalue weighted by atomic mass is 16.6. The molecule has 1 aliphatic carbocycles. The number of likely N-dealkylation sites (N-methyl/N-ethyl adjacent to an activating group) is 1. The summed E-state index contributed by atoms with van der Waals surface area (Å²) in [6.07, 6.45) is 0.334. The van der Waals surface area contributed by atoms with Crippen LogP contribution in [-0.4, -0.2) is 37.7 Å². The molecule has 1 fully saturated rings. The highest BCUT2D eigenvalue weighted by molar-refractivity contribution is 6.05. The van der Waals surface area contributed by atoms with Crippen molar-refractivity contribution < 1.29 is 19.1 Å². The van der Waals surface area contributed by atoms with Gasteiger partial charge in [-0.15, -0.1) is 0 Å². The number of rotatable bonds is 5. The predicted molar refractivity (Wildman–Crippen MR) is 120 cm³/mol. The molecule has 5 heteroatoms. The summed E-state index contributed by atoms with van der Waals surface area (Å²) < 4.78 is 11.2. The lowest BCUT2D eigenvalue weighted by atomic mass is 9.61. The van der Waals surface area contributed by atoms with Crippen molar-refractivity contribution in [3.8, 4) is 0 Å². The first kappa shape index (κ1) is 21.4. The maximum absolute atomic E-state index is 13.7. The highest BCUT2D eigenvalue weighted by Crippen LogP contribution is 2.71. The van der Waals surface area contributed by atoms with Crippen LogP contribution >= 0.6 is 0 Å². The fraction of sp³-hybridized carbons (Fsp3) is 0.462. The number of carbonyl (C=O) groups excluding carboxylic acids is 2. The highest BCUT2D eigenvalue weighted by Gasteiger charge is 2.79. The van der Waals surface area contributed by atoms with Crippen molar-refractivity contribution in [2.75, 3.05) is 25.2 Å². The summed E-state index contributed by atoms with van der Waals surface area (Å²) >= 11 is 0. The van der Waals surface area contributed by atoms with Crippen LogP contribution in [0.5, 0.6) is 0 Å². The van der Waals surface area contributed by atoms with Gasteiger partial charge in [-0.25, -0.2) is 0 Å². The SMILES string of the molecule is CCOC(=O)C1(C(=O)OCC)C[C@H](c2ccccc2)[C@@]2(C)c3ccccc3N(C)[C@@]12C. The van der Waals surface area contributed by atoms with Crippen LogP contribution in [0.15, 0.2) is 54.6 Å². The molecule has 2 aromatic carbocycles. The van der Waals surface area contributed by atoms with E-state index in [1.807, 2.05) is 44.3 Å². The number of anilines is 1. The molecule has 3 atom stereocenters. The fourth-order valence-electron chi connectivity index (χ4n) is 6.31. The topological polar surface area (TPSA) is 55.8 Å². The Morgan fingerprint density at radius 2 is 1.48 bits per heavy atom. The van der Waals surface area contributed by atoms with E-state index in [1.54, 1.807) is 13.8 Å². The zero-order chi connectivity index (χ0) is 22.4. The van der Waals surface area contributed by atoms with Gasteiger partial charge in [0.05, 0.1) is 18.8 Å². The van der Waals surface area contributed by atoms with E-state index >= 15 is 0 Å². The van der Waals surface area contributed by atoms with E-state index in [4.69, 9.17) is 9.47 Å². The van der Waals surface area contributed by atoms with E-state index in [1.165, 1.54) is 0 Å². The van der Waals surface area contributed by atoms with E-state index in [9.17, 15) is 9.59 Å². The summed E-state index contributed by atoms with van der Waals surface area (Å²) in [5, 5.41) is 0. The molecule has 2 aromatic rings. The summed E-state index contributed by atoms with van der Waals surface area (Å²) in [5.74, 6) is -1.07. The van der Waals surface area contributed by atoms with Crippen LogP contribution in [0.4, 0.5) is 5.69 Å². The molecule has 1 heterocycles. The smallest absolute Gasteiger partial charge is 0.325 e. The van der Waals surface area contributed by atoms with Crippen molar-refractivity contribution in [1.82, 2.24) is 0 Å². The van der Waals surface area contributed by atoms with Gasteiger partial charge in [0, 0.05) is 18.2 Å². The molecule has 0 amide bonds. The quantitative estimate of drug-likeness (QED) is 0.527. The minimum absolute atomic E-state index is 0.0707. The standard InChI is InChI=1S/C26H31NO4/c1-6-30-22(28)26(23(29)31-7-2)17-20(18-13-9-8-10-14-18)24(3)19-15-11-12-16-21(19)27(5)25(24,26)4/h8-16,20H,6-7,17H2,1-5H3/t20-,24-,25-/m1/s1. The molecule has 1 aliphatic heterocycles. The summed E-state index contributed by atoms with van der Waals surface area (Å²) in [6.45, 7) is 8.18. The molecular weight excluding hydrogens is 390 g/mol. The average Bonchev–Trinajstić information content (AvgIpc) is 3.10. The second kappa shape index (κ2) is 7.40. The zero-order valence-corrected chi connectivity index (χ0v) is 19.0. The summed E-state index contributed by atoms with van der Waals surface area (Å²) in [5.41, 5.74) is 0.441. The van der Waals surface area contributed by atoms with Crippen molar-refractivity contribution in [1.29, 1.82) is 0 Å². The Morgan fingerprint density at radius 3 is 2.06 bits per heavy atom. The first-order valence-electron chi connectivity index (χ1n) is 11.0. The summed E-state index contributed by atoms with van der Waals surface area (Å²) in [4.78, 5) is 29.5. The van der Waals surface area contributed by atoms with Crippen molar-refractivity contribution in [3.05, 3.63) is 65.7 Å². The molecule has 0 radical (unpaired) electrons. The maximum atomic E-state index is 13.7. The molecular formula is C26H31NO4. The van der Waals surface area contributed by atoms with Gasteiger partial charge in [0.2, 0.25) is 0 Å². The molecule has 5 nitrogen and oxygen atoms in total. The fourth-order valence-corrected chi connectivity index (χ4v) is 6.31. The molecule has 0 bridgehead atoms. The van der Waals surface area contributed by atoms with E-state index in [2.05, 4.69) is 36.1 Å². The normalized spacial score (nSPS) is 28.0. The molecule has 0 saturated heterocycles. The van der Waals surface area contributed by atoms with Crippen LogP contribution in [0.3, 0.4) is 0 Å². The van der Waals surface area contributed by atoms with Crippen LogP contribution in [-0.2, 0) is 24.5 Å². The lowest BCUT2D eigenvalue weighted by Gasteiger charge is -2.49. The molecule has 164 valence electrons. The third-order valence-corrected chi connectivity index (χ3v) is 7.99. The van der Waals surface area contributed by atoms with Crippen molar-refractivity contribution >= 4 is 17.6 Å². The molecule has 2 aliphatic rings. The third-order valence-electron chi connectivity index (χ3n) is 7.99. The number of esters is 2. The molecule has 0 N–H and O–H groups in total. The second-order valence-electron chi connectivity index (χ2n) is 8.86. The largest absolute Gasteiger partial charge is 0.465 e. The van der Waals surface area contributed by atoms with Gasteiger partial charge >= 0.3 is 11.9 Å². The van der Waals surface area contributed by atoms with Crippen LogP contribution < -0.4 is 4.90 Å². The van der Waals surface area contributed by atoms with Crippen LogP contribution in [0.25, 0.3) is 0 Å². The van der Waals surface area contributed by atoms with Gasteiger partial charge in [-0.05, 0) is 50.3 Å². The Kier molecular flexibility index (Phi) is 5.11. The average molecular weight is 422 g/mol. The molecule has 1 saturated carbocycles. The summed E-state index contributed by atoms with van der Waals surface area (Å²) in [7, 11) is 1.98. The number of fused-ring (bicyclic) bond motifs is 3. The number of para-hydroxylation sites is 1. The maximum Gasteiger partial charge on any atom is 0.325 e. The minimum atomic E-state index is -1.46. The first-order valence-corrected chi connectivity index (χ1v) is 11.0. The van der Waals surface area contributed by atoms with Gasteiger partial charge < -0.3 is 14.4 Å². The predicted octanol–water partition coefficient (Wildman–Crippen LogP) is 4.45. The Labute approximate surface area is 184 Å². The lowest BCUT2D eigenvalue weighted by Crippen LogP contribution is -2.66. The van der Waals surface area contributed by atoms with Crippen molar-refractivity contribution in [3.63, 3.8) is 0 Å². The third kappa shape index (κ3) is 2.49. The second-order valence-corrected chi connectivity index (χ2v) is 8.86. The number of nitrogens with zero attached hydrogens (tertiary/aromatic N) is 1. The van der Waals surface area contributed by atoms with Crippen LogP contribution in [0, 0.1) is 5.41 Å². The van der Waals surface area contributed by atoms with Gasteiger partial charge in [-0.3, -0.25) is 9.59 Å². The van der Waals surface area contributed by atoms with Crippen LogP contribution in [0.2, 0.25) is 0 Å². The van der Waals surface area contributed by atoms with Gasteiger partial charge in [-0.2, -0.15) is 0 Å². The first-order chi connectivity index (χ1) is 14.8. The van der Waals surface area contributed by atoms with Gasteiger partial charge in [-0.1, -0.05) is 55.5 Å². The molecule has 31 heavy (non-hydrogen) atoms. The van der Waals surface area contributed by atoms with Crippen molar-refractivity contribution in [2.24, 2.45) is 5.41 Å². The number of carbonyl (C=O) groups is 2. The van der Waals surface area contributed by atoms with Crippen molar-refractivity contribution in [2.45, 2.75) is 51.0 Å². The zero-order valence-electron chi connectivity index (χ0n) is 19.0. The number of hydrogen-bond acceptors (Lipinski definition) is 5. The molecule has 0 unspecified atom stereocenters. The van der Waals surface area contributed by atoms with E-state index in [-0.39, 0.29) is 19.1 Å². The van der Waals surface area contributed by atoms with E-state index < -0.39 is 28.3 Å². The number of hydrogen-bond donors (Lipinski definition) is 0. The number of ether oxygens (including phenoxy) is 2. The lowest BCUT2D eigenvalue weighted by molar-refractivity contribution is -0.176. The molecule has 4 rings (SSSR count). The van der Waals surface area contributed by atoms with E-state index in [0.29, 0.717) is 6.42 Å². The molecule has 0 spiro atoms. The Balaban J connectivity index is 2.05. The van der Waals surface area contributed by atoms with Gasteiger partial charge in [0.25, 0.3) is 0 Å². The van der Waals surface area contributed by atoms with Gasteiger partial charge in [0.1, 0.15) is 0 Å². The van der Waals surface area contributed by atoms with Gasteiger partial charge in [0.15, 0.2) is 5.41 Å². The minimum Gasteiger partial charge on any atom is -0.465 e. The molecule has 0 aromatic heterocycles. The Morgan fingerprint density at radius 1 is 0.935 bits per heavy atom. The monoisotopic (exact) mass is 421 g/mol. The Hall–Kier alpha value is -2.82. The number of benzene rings is 2. The van der Waals surface area contributed by atoms with Crippen LogP contribution in [0.1, 0.15) is 51.2 Å². The Bertz CT molecular complexity index is 985.